The van der Waals surface area contributed by atoms with E-state index >= 15 is 0 Å². The highest BCUT2D eigenvalue weighted by atomic mass is 35.5. The second-order valence-electron chi connectivity index (χ2n) is 6.17. The van der Waals surface area contributed by atoms with Gasteiger partial charge in [0, 0.05) is 5.69 Å². The average molecular weight is 451 g/mol. The van der Waals surface area contributed by atoms with Gasteiger partial charge in [-0.05, 0) is 54.8 Å². The maximum atomic E-state index is 12.5. The van der Waals surface area contributed by atoms with E-state index in [9.17, 15) is 14.4 Å². The maximum Gasteiger partial charge on any atom is 0.329 e. The molecule has 2 amide bonds. The molecule has 0 bridgehead atoms. The Morgan fingerprint density at radius 3 is 2.43 bits per heavy atom. The number of esters is 1. The van der Waals surface area contributed by atoms with E-state index in [2.05, 4.69) is 10.6 Å². The van der Waals surface area contributed by atoms with Crippen molar-refractivity contribution in [2.24, 2.45) is 0 Å². The summed E-state index contributed by atoms with van der Waals surface area (Å²) in [5, 5.41) is 5.55. The first-order valence-electron chi connectivity index (χ1n) is 9.09. The van der Waals surface area contributed by atoms with Crippen molar-refractivity contribution in [3.8, 4) is 5.75 Å². The molecule has 0 aliphatic heterocycles. The molecule has 9 heteroatoms. The fourth-order valence-corrected chi connectivity index (χ4v) is 3.17. The summed E-state index contributed by atoms with van der Waals surface area (Å²) in [6, 6.07) is 12.4. The number of benzene rings is 2. The lowest BCUT2D eigenvalue weighted by atomic mass is 10.1. The van der Waals surface area contributed by atoms with Crippen LogP contribution in [0, 0.1) is 0 Å². The van der Waals surface area contributed by atoms with Gasteiger partial charge in [0.05, 0.1) is 17.7 Å². The molecule has 1 atom stereocenters. The van der Waals surface area contributed by atoms with Gasteiger partial charge in [-0.25, -0.2) is 4.79 Å². The average Bonchev–Trinajstić information content (AvgIpc) is 2.75. The first kappa shape index (κ1) is 23.6. The van der Waals surface area contributed by atoms with Crippen molar-refractivity contribution in [2.45, 2.75) is 12.5 Å². The third kappa shape index (κ3) is 7.27. The van der Waals surface area contributed by atoms with E-state index in [1.807, 2.05) is 6.26 Å². The number of hydrogen-bond donors (Lipinski definition) is 2. The lowest BCUT2D eigenvalue weighted by Gasteiger charge is -2.17. The van der Waals surface area contributed by atoms with E-state index in [0.29, 0.717) is 23.6 Å². The van der Waals surface area contributed by atoms with Crippen LogP contribution in [-0.2, 0) is 14.3 Å². The molecule has 0 heterocycles. The van der Waals surface area contributed by atoms with Crippen LogP contribution in [-0.4, -0.2) is 49.6 Å². The summed E-state index contributed by atoms with van der Waals surface area (Å²) in [5.74, 6) is -0.374. The standard InChI is InChI=1S/C21H23ClN2O5S/c1-28-15-9-7-14(8-10-15)23-19(25)13-29-21(27)18(11-12-30-2)24-20(26)16-5-3-4-6-17(16)22/h3-10,18H,11-13H2,1-2H3,(H,23,25)(H,24,26). The largest absolute Gasteiger partial charge is 0.497 e. The zero-order chi connectivity index (χ0) is 21.9. The van der Waals surface area contributed by atoms with Crippen LogP contribution in [0.15, 0.2) is 48.5 Å². The number of rotatable bonds is 10. The first-order chi connectivity index (χ1) is 14.4. The molecule has 7 nitrogen and oxygen atoms in total. The number of amides is 2. The van der Waals surface area contributed by atoms with Crippen molar-refractivity contribution in [3.05, 3.63) is 59.1 Å². The Morgan fingerprint density at radius 1 is 1.10 bits per heavy atom. The Balaban J connectivity index is 1.92. The summed E-state index contributed by atoms with van der Waals surface area (Å²) in [6.45, 7) is -0.470. The summed E-state index contributed by atoms with van der Waals surface area (Å²) in [6.07, 6.45) is 2.25. The van der Waals surface area contributed by atoms with Gasteiger partial charge < -0.3 is 20.1 Å². The molecular weight excluding hydrogens is 428 g/mol. The minimum absolute atomic E-state index is 0.262. The van der Waals surface area contributed by atoms with E-state index in [1.54, 1.807) is 55.6 Å². The highest BCUT2D eigenvalue weighted by molar-refractivity contribution is 7.98. The van der Waals surface area contributed by atoms with Gasteiger partial charge in [0.25, 0.3) is 11.8 Å². The molecule has 0 aliphatic carbocycles. The van der Waals surface area contributed by atoms with Crippen LogP contribution in [0.1, 0.15) is 16.8 Å². The lowest BCUT2D eigenvalue weighted by molar-refractivity contribution is -0.149. The Labute approximate surface area is 184 Å². The summed E-state index contributed by atoms with van der Waals surface area (Å²) in [5.41, 5.74) is 0.807. The number of methoxy groups -OCH3 is 1. The Kier molecular flexibility index (Phi) is 9.50. The molecule has 2 aromatic carbocycles. The summed E-state index contributed by atoms with van der Waals surface area (Å²) in [7, 11) is 1.55. The molecule has 2 aromatic rings. The van der Waals surface area contributed by atoms with Gasteiger partial charge in [0.1, 0.15) is 11.8 Å². The monoisotopic (exact) mass is 450 g/mol. The number of nitrogens with one attached hydrogen (secondary N) is 2. The van der Waals surface area contributed by atoms with Gasteiger partial charge in [0.2, 0.25) is 0 Å². The highest BCUT2D eigenvalue weighted by Gasteiger charge is 2.24. The maximum absolute atomic E-state index is 12.5. The molecule has 2 rings (SSSR count). The molecule has 0 fully saturated rings. The van der Waals surface area contributed by atoms with Crippen LogP contribution in [0.3, 0.4) is 0 Å². The number of thioether (sulfide) groups is 1. The van der Waals surface area contributed by atoms with E-state index in [-0.39, 0.29) is 10.6 Å². The fraction of sp³-hybridized carbons (Fsp3) is 0.286. The number of carbonyl (C=O) groups excluding carboxylic acids is 3. The first-order valence-corrected chi connectivity index (χ1v) is 10.9. The van der Waals surface area contributed by atoms with E-state index in [0.717, 1.165) is 0 Å². The van der Waals surface area contributed by atoms with Crippen molar-refractivity contribution in [1.29, 1.82) is 0 Å². The summed E-state index contributed by atoms with van der Waals surface area (Å²) >= 11 is 7.57. The number of halogens is 1. The predicted molar refractivity (Wildman–Crippen MR) is 118 cm³/mol. The minimum Gasteiger partial charge on any atom is -0.497 e. The van der Waals surface area contributed by atoms with E-state index in [4.69, 9.17) is 21.1 Å². The normalized spacial score (nSPS) is 11.3. The van der Waals surface area contributed by atoms with Crippen LogP contribution in [0.2, 0.25) is 5.02 Å². The van der Waals surface area contributed by atoms with Gasteiger partial charge in [-0.2, -0.15) is 11.8 Å². The summed E-state index contributed by atoms with van der Waals surface area (Å²) in [4.78, 5) is 37.0. The van der Waals surface area contributed by atoms with Crippen LogP contribution >= 0.6 is 23.4 Å². The topological polar surface area (TPSA) is 93.7 Å². The molecule has 0 saturated heterocycles. The highest BCUT2D eigenvalue weighted by Crippen LogP contribution is 2.16. The van der Waals surface area contributed by atoms with Crippen molar-refractivity contribution in [1.82, 2.24) is 5.32 Å². The molecular formula is C21H23ClN2O5S. The number of anilines is 1. The van der Waals surface area contributed by atoms with Crippen molar-refractivity contribution in [3.63, 3.8) is 0 Å². The quantitative estimate of drug-likeness (QED) is 0.539. The van der Waals surface area contributed by atoms with Crippen molar-refractivity contribution in [2.75, 3.05) is 31.0 Å². The predicted octanol–water partition coefficient (Wildman–Crippen LogP) is 3.38. The Hall–Kier alpha value is -2.71. The third-order valence-electron chi connectivity index (χ3n) is 4.04. The molecule has 0 saturated carbocycles. The third-order valence-corrected chi connectivity index (χ3v) is 5.01. The van der Waals surface area contributed by atoms with Gasteiger partial charge >= 0.3 is 5.97 Å². The molecule has 160 valence electrons. The second-order valence-corrected chi connectivity index (χ2v) is 7.56. The molecule has 1 unspecified atom stereocenters. The summed E-state index contributed by atoms with van der Waals surface area (Å²) < 4.78 is 10.2. The fourth-order valence-electron chi connectivity index (χ4n) is 2.47. The zero-order valence-electron chi connectivity index (χ0n) is 16.6. The second kappa shape index (κ2) is 12.1. The van der Waals surface area contributed by atoms with Crippen LogP contribution in [0.5, 0.6) is 5.75 Å². The molecule has 0 radical (unpaired) electrons. The molecule has 0 aromatic heterocycles. The van der Waals surface area contributed by atoms with Crippen LogP contribution in [0.25, 0.3) is 0 Å². The molecule has 0 aliphatic rings. The van der Waals surface area contributed by atoms with Crippen molar-refractivity contribution < 1.29 is 23.9 Å². The molecule has 30 heavy (non-hydrogen) atoms. The number of hydrogen-bond acceptors (Lipinski definition) is 6. The number of ether oxygens (including phenoxy) is 2. The molecule has 0 spiro atoms. The van der Waals surface area contributed by atoms with Gasteiger partial charge in [0.15, 0.2) is 6.61 Å². The lowest BCUT2D eigenvalue weighted by Crippen LogP contribution is -2.43. The van der Waals surface area contributed by atoms with Gasteiger partial charge in [-0.3, -0.25) is 9.59 Å². The Morgan fingerprint density at radius 2 is 1.80 bits per heavy atom. The minimum atomic E-state index is -0.894. The van der Waals surface area contributed by atoms with Gasteiger partial charge in [-0.1, -0.05) is 23.7 Å². The Bertz CT molecular complexity index is 876. The van der Waals surface area contributed by atoms with Crippen molar-refractivity contribution >= 4 is 46.8 Å². The van der Waals surface area contributed by atoms with Gasteiger partial charge in [-0.15, -0.1) is 0 Å². The SMILES string of the molecule is COc1ccc(NC(=O)COC(=O)C(CCSC)NC(=O)c2ccccc2Cl)cc1. The van der Waals surface area contributed by atoms with E-state index in [1.165, 1.54) is 11.8 Å². The smallest absolute Gasteiger partial charge is 0.329 e. The number of carbonyl (C=O) groups is 3. The van der Waals surface area contributed by atoms with Crippen LogP contribution < -0.4 is 15.4 Å². The zero-order valence-corrected chi connectivity index (χ0v) is 18.2. The molecule has 2 N–H and O–H groups in total. The van der Waals surface area contributed by atoms with Crippen LogP contribution in [0.4, 0.5) is 5.69 Å². The van der Waals surface area contributed by atoms with E-state index < -0.39 is 30.4 Å².